The number of methoxy groups -OCH3 is 1. The third-order valence-corrected chi connectivity index (χ3v) is 5.20. The average molecular weight is 415 g/mol. The number of halogens is 1. The van der Waals surface area contributed by atoms with Gasteiger partial charge in [-0.25, -0.2) is 9.18 Å². The molecule has 1 aliphatic rings. The maximum Gasteiger partial charge on any atom is 0.344 e. The van der Waals surface area contributed by atoms with Crippen LogP contribution in [0.1, 0.15) is 46.4 Å². The van der Waals surface area contributed by atoms with Crippen molar-refractivity contribution in [2.75, 3.05) is 19.0 Å². The van der Waals surface area contributed by atoms with Gasteiger partial charge in [0.15, 0.2) is 0 Å². The van der Waals surface area contributed by atoms with Gasteiger partial charge in [-0.1, -0.05) is 6.07 Å². The fraction of sp³-hybridized carbons (Fsp3) is 0.333. The van der Waals surface area contributed by atoms with Crippen molar-refractivity contribution < 1.29 is 23.6 Å². The fourth-order valence-electron chi connectivity index (χ4n) is 3.77. The van der Waals surface area contributed by atoms with Crippen molar-refractivity contribution in [1.82, 2.24) is 4.90 Å². The number of nitro benzene ring substituents is 1. The number of esters is 1. The molecule has 1 amide bonds. The number of aryl methyl sites for hydroxylation is 1. The van der Waals surface area contributed by atoms with Crippen LogP contribution in [0.2, 0.25) is 0 Å². The highest BCUT2D eigenvalue weighted by molar-refractivity contribution is 5.95. The summed E-state index contributed by atoms with van der Waals surface area (Å²) in [5.41, 5.74) is 1.86. The van der Waals surface area contributed by atoms with E-state index in [4.69, 9.17) is 4.74 Å². The van der Waals surface area contributed by atoms with E-state index in [-0.39, 0.29) is 23.2 Å². The van der Waals surface area contributed by atoms with Crippen molar-refractivity contribution in [3.05, 3.63) is 68.5 Å². The smallest absolute Gasteiger partial charge is 0.344 e. The maximum absolute atomic E-state index is 13.8. The Hall–Kier alpha value is -3.49. The number of fused-ring (bicyclic) bond motifs is 1. The molecule has 0 saturated heterocycles. The topological polar surface area (TPSA) is 102 Å². The van der Waals surface area contributed by atoms with E-state index in [0.29, 0.717) is 36.3 Å². The van der Waals surface area contributed by atoms with Gasteiger partial charge in [-0.2, -0.15) is 0 Å². The maximum atomic E-state index is 13.8. The van der Waals surface area contributed by atoms with Crippen LogP contribution in [0.25, 0.3) is 0 Å². The second-order valence-corrected chi connectivity index (χ2v) is 7.21. The summed E-state index contributed by atoms with van der Waals surface area (Å²) in [7, 11) is 1.16. The first-order valence-corrected chi connectivity index (χ1v) is 9.39. The molecule has 1 heterocycles. The van der Waals surface area contributed by atoms with Gasteiger partial charge < -0.3 is 15.0 Å². The Morgan fingerprint density at radius 1 is 1.30 bits per heavy atom. The quantitative estimate of drug-likeness (QED) is 0.464. The third kappa shape index (κ3) is 4.24. The Labute approximate surface area is 172 Å². The zero-order valence-electron chi connectivity index (χ0n) is 16.9. The number of carbonyl (C=O) groups is 2. The number of carbonyl (C=O) groups excluding carboxylic acids is 2. The van der Waals surface area contributed by atoms with Crippen molar-refractivity contribution in [1.29, 1.82) is 0 Å². The first-order chi connectivity index (χ1) is 14.2. The van der Waals surface area contributed by atoms with Crippen LogP contribution in [-0.4, -0.2) is 35.4 Å². The molecule has 1 atom stereocenters. The highest BCUT2D eigenvalue weighted by atomic mass is 19.1. The molecule has 1 unspecified atom stereocenters. The van der Waals surface area contributed by atoms with Gasteiger partial charge in [-0.05, 0) is 48.7 Å². The van der Waals surface area contributed by atoms with Gasteiger partial charge in [-0.15, -0.1) is 0 Å². The van der Waals surface area contributed by atoms with Crippen LogP contribution in [0.3, 0.4) is 0 Å². The molecule has 0 fully saturated rings. The van der Waals surface area contributed by atoms with Crippen LogP contribution in [0.5, 0.6) is 0 Å². The first-order valence-electron chi connectivity index (χ1n) is 9.39. The normalized spacial score (nSPS) is 15.7. The molecular formula is C21H22FN3O5. The van der Waals surface area contributed by atoms with Gasteiger partial charge in [0.2, 0.25) is 5.91 Å². The summed E-state index contributed by atoms with van der Waals surface area (Å²) in [6.07, 6.45) is 0.543. The molecule has 0 aromatic heterocycles. The van der Waals surface area contributed by atoms with Crippen molar-refractivity contribution in [3.63, 3.8) is 0 Å². The van der Waals surface area contributed by atoms with Crippen LogP contribution in [-0.2, 0) is 16.1 Å². The number of hydrogen-bond acceptors (Lipinski definition) is 6. The van der Waals surface area contributed by atoms with E-state index in [1.807, 2.05) is 0 Å². The predicted octanol–water partition coefficient (Wildman–Crippen LogP) is 3.73. The Bertz CT molecular complexity index is 1020. The van der Waals surface area contributed by atoms with E-state index >= 15 is 0 Å². The molecule has 1 aliphatic heterocycles. The summed E-state index contributed by atoms with van der Waals surface area (Å²) in [5.74, 6) is -1.30. The Morgan fingerprint density at radius 2 is 2.03 bits per heavy atom. The molecule has 0 spiro atoms. The minimum atomic E-state index is -0.806. The summed E-state index contributed by atoms with van der Waals surface area (Å²) in [5, 5.41) is 14.7. The van der Waals surface area contributed by atoms with Gasteiger partial charge in [0, 0.05) is 31.3 Å². The largest absolute Gasteiger partial charge is 0.465 e. The van der Waals surface area contributed by atoms with E-state index in [1.165, 1.54) is 25.1 Å². The van der Waals surface area contributed by atoms with Gasteiger partial charge in [0.25, 0.3) is 5.69 Å². The standard InChI is InChI=1S/C21H22FN3O5/c1-12-8-16(10-18(21(27)30-3)20(12)25(28)29)23-19-6-7-24(13(2)26)11-14-9-15(22)4-5-17(14)19/h4-5,8-10,19,23H,6-7,11H2,1-3H3. The van der Waals surface area contributed by atoms with Crippen molar-refractivity contribution >= 4 is 23.3 Å². The molecule has 9 heteroatoms. The van der Waals surface area contributed by atoms with Crippen LogP contribution in [0.4, 0.5) is 15.8 Å². The van der Waals surface area contributed by atoms with Crippen LogP contribution in [0, 0.1) is 22.9 Å². The van der Waals surface area contributed by atoms with Crippen LogP contribution in [0.15, 0.2) is 30.3 Å². The lowest BCUT2D eigenvalue weighted by molar-refractivity contribution is -0.385. The number of nitrogens with zero attached hydrogens (tertiary/aromatic N) is 2. The molecule has 0 saturated carbocycles. The molecule has 2 aromatic rings. The number of nitrogens with one attached hydrogen (secondary N) is 1. The minimum Gasteiger partial charge on any atom is -0.465 e. The lowest BCUT2D eigenvalue weighted by Gasteiger charge is -2.21. The fourth-order valence-corrected chi connectivity index (χ4v) is 3.77. The average Bonchev–Trinajstić information content (AvgIpc) is 2.85. The van der Waals surface area contributed by atoms with E-state index < -0.39 is 16.7 Å². The first kappa shape index (κ1) is 21.2. The van der Waals surface area contributed by atoms with Gasteiger partial charge in [-0.3, -0.25) is 14.9 Å². The van der Waals surface area contributed by atoms with Crippen LogP contribution >= 0.6 is 0 Å². The summed E-state index contributed by atoms with van der Waals surface area (Å²) in [6.45, 7) is 3.77. The van der Waals surface area contributed by atoms with E-state index in [2.05, 4.69) is 5.32 Å². The summed E-state index contributed by atoms with van der Waals surface area (Å²) < 4.78 is 18.5. The van der Waals surface area contributed by atoms with E-state index in [9.17, 15) is 24.1 Å². The summed E-state index contributed by atoms with van der Waals surface area (Å²) in [6, 6.07) is 7.13. The highest BCUT2D eigenvalue weighted by Gasteiger charge is 2.27. The molecule has 0 radical (unpaired) electrons. The molecule has 30 heavy (non-hydrogen) atoms. The number of rotatable bonds is 4. The number of benzene rings is 2. The number of anilines is 1. The third-order valence-electron chi connectivity index (χ3n) is 5.20. The molecule has 158 valence electrons. The number of ether oxygens (including phenoxy) is 1. The van der Waals surface area contributed by atoms with E-state index in [0.717, 1.165) is 12.7 Å². The molecule has 0 aliphatic carbocycles. The van der Waals surface area contributed by atoms with Gasteiger partial charge in [0.1, 0.15) is 11.4 Å². The molecular weight excluding hydrogens is 393 g/mol. The zero-order valence-corrected chi connectivity index (χ0v) is 16.9. The number of nitro groups is 1. The molecule has 3 rings (SSSR count). The van der Waals surface area contributed by atoms with Gasteiger partial charge in [0.05, 0.1) is 18.1 Å². The monoisotopic (exact) mass is 415 g/mol. The molecule has 0 bridgehead atoms. The second kappa shape index (κ2) is 8.48. The van der Waals surface area contributed by atoms with Crippen molar-refractivity contribution in [2.45, 2.75) is 32.9 Å². The lowest BCUT2D eigenvalue weighted by atomic mass is 9.98. The Balaban J connectivity index is 2.02. The Kier molecular flexibility index (Phi) is 6.00. The predicted molar refractivity (Wildman–Crippen MR) is 108 cm³/mol. The summed E-state index contributed by atoms with van der Waals surface area (Å²) >= 11 is 0. The van der Waals surface area contributed by atoms with Gasteiger partial charge >= 0.3 is 5.97 Å². The minimum absolute atomic E-state index is 0.106. The van der Waals surface area contributed by atoms with Crippen molar-refractivity contribution in [2.24, 2.45) is 0 Å². The van der Waals surface area contributed by atoms with E-state index in [1.54, 1.807) is 24.0 Å². The molecule has 1 N–H and O–H groups in total. The SMILES string of the molecule is COC(=O)c1cc(NC2CCN(C(C)=O)Cc3cc(F)ccc32)cc(C)c1[N+](=O)[O-]. The summed E-state index contributed by atoms with van der Waals surface area (Å²) in [4.78, 5) is 36.4. The zero-order chi connectivity index (χ0) is 22.0. The highest BCUT2D eigenvalue weighted by Crippen LogP contribution is 2.34. The number of hydrogen-bond donors (Lipinski definition) is 1. The number of amides is 1. The van der Waals surface area contributed by atoms with Crippen LogP contribution < -0.4 is 5.32 Å². The Morgan fingerprint density at radius 3 is 2.67 bits per heavy atom. The second-order valence-electron chi connectivity index (χ2n) is 7.21. The molecule has 2 aromatic carbocycles. The molecule has 8 nitrogen and oxygen atoms in total. The van der Waals surface area contributed by atoms with Crippen molar-refractivity contribution in [3.8, 4) is 0 Å². The lowest BCUT2D eigenvalue weighted by Crippen LogP contribution is -2.28.